The summed E-state index contributed by atoms with van der Waals surface area (Å²) in [5.41, 5.74) is 0.739. The zero-order valence-corrected chi connectivity index (χ0v) is 22.4. The van der Waals surface area contributed by atoms with Gasteiger partial charge in [0, 0.05) is 25.4 Å². The summed E-state index contributed by atoms with van der Waals surface area (Å²) >= 11 is 0. The Labute approximate surface area is 222 Å². The zero-order chi connectivity index (χ0) is 27.8. The maximum Gasteiger partial charge on any atom is 0.329 e. The Morgan fingerprint density at radius 1 is 1.18 bits per heavy atom. The predicted molar refractivity (Wildman–Crippen MR) is 139 cm³/mol. The van der Waals surface area contributed by atoms with Crippen molar-refractivity contribution in [2.75, 3.05) is 13.1 Å². The van der Waals surface area contributed by atoms with Gasteiger partial charge in [0.05, 0.1) is 12.5 Å². The summed E-state index contributed by atoms with van der Waals surface area (Å²) in [6.45, 7) is 8.16. The van der Waals surface area contributed by atoms with Crippen molar-refractivity contribution >= 4 is 23.6 Å². The van der Waals surface area contributed by atoms with Crippen molar-refractivity contribution in [3.05, 3.63) is 53.8 Å². The number of Topliss-reactive ketones (excluding diaryl/α,β-unsaturated/α-hetero) is 1. The van der Waals surface area contributed by atoms with Crippen LogP contribution in [0.2, 0.25) is 0 Å². The number of amides is 2. The fourth-order valence-electron chi connectivity index (χ4n) is 4.66. The second kappa shape index (κ2) is 13.3. The number of allylic oxidation sites excluding steroid dienone is 2. The third kappa shape index (κ3) is 7.98. The van der Waals surface area contributed by atoms with Crippen LogP contribution in [0.15, 0.2) is 46.6 Å². The number of cyclic esters (lactones) is 1. The molecule has 10 heteroatoms. The number of oxazole rings is 1. The molecule has 4 atom stereocenters. The van der Waals surface area contributed by atoms with E-state index in [2.05, 4.69) is 10.3 Å². The molecule has 1 aromatic heterocycles. The molecule has 0 saturated carbocycles. The number of carbonyl (C=O) groups is 4. The quantitative estimate of drug-likeness (QED) is 0.531. The number of nitrogens with zero attached hydrogens (tertiary/aromatic N) is 2. The molecule has 0 aromatic carbocycles. The standard InChI is InChI=1S/C28H37N3O7/c1-17(2)26-19(4)9-10-24(34)29-11-5-7-18(3)13-20(32)14-21(33)15-25-30-22(16-37-25)27(35)31-12-6-8-23(31)28(36)38-26/h5,7,9-10,13,16-17,19-20,23,26,32H,6,8,11-12,14-15H2,1-4H3,(H,29,34)/b7-5+,10-9+,18-13+/t19-,20-,23-,26?/m1/s1. The molecule has 2 bridgehead atoms. The molecule has 0 aliphatic carbocycles. The lowest BCUT2D eigenvalue weighted by Gasteiger charge is -2.29. The molecular formula is C28H37N3O7. The first kappa shape index (κ1) is 29.0. The Hall–Kier alpha value is -3.53. The van der Waals surface area contributed by atoms with Gasteiger partial charge in [0.25, 0.3) is 5.91 Å². The molecule has 0 spiro atoms. The van der Waals surface area contributed by atoms with Gasteiger partial charge in [0.15, 0.2) is 5.69 Å². The summed E-state index contributed by atoms with van der Waals surface area (Å²) in [6, 6.07) is -0.761. The summed E-state index contributed by atoms with van der Waals surface area (Å²) in [7, 11) is 0. The number of hydrogen-bond acceptors (Lipinski definition) is 8. The van der Waals surface area contributed by atoms with Crippen LogP contribution in [0.25, 0.3) is 0 Å². The van der Waals surface area contributed by atoms with Crippen LogP contribution in [0.5, 0.6) is 0 Å². The molecule has 10 nitrogen and oxygen atoms in total. The highest BCUT2D eigenvalue weighted by molar-refractivity contribution is 5.95. The highest BCUT2D eigenvalue weighted by atomic mass is 16.5. The van der Waals surface area contributed by atoms with E-state index in [1.165, 1.54) is 17.2 Å². The molecule has 0 radical (unpaired) electrons. The fraction of sp³-hybridized carbons (Fsp3) is 0.536. The molecule has 1 fully saturated rings. The van der Waals surface area contributed by atoms with Crippen LogP contribution >= 0.6 is 0 Å². The Morgan fingerprint density at radius 3 is 2.68 bits per heavy atom. The van der Waals surface area contributed by atoms with Crippen LogP contribution in [-0.2, 0) is 25.5 Å². The highest BCUT2D eigenvalue weighted by Gasteiger charge is 2.38. The number of aromatic nitrogens is 1. The average Bonchev–Trinajstić information content (AvgIpc) is 3.52. The van der Waals surface area contributed by atoms with Crippen molar-refractivity contribution in [1.82, 2.24) is 15.2 Å². The lowest BCUT2D eigenvalue weighted by atomic mass is 9.94. The van der Waals surface area contributed by atoms with E-state index < -0.39 is 30.1 Å². The Kier molecular flexibility index (Phi) is 10.2. The van der Waals surface area contributed by atoms with Crippen molar-refractivity contribution in [3.8, 4) is 0 Å². The van der Waals surface area contributed by atoms with Crippen molar-refractivity contribution in [2.24, 2.45) is 11.8 Å². The number of rotatable bonds is 1. The number of hydrogen-bond donors (Lipinski definition) is 2. The second-order valence-corrected chi connectivity index (χ2v) is 10.2. The van der Waals surface area contributed by atoms with Gasteiger partial charge in [0.2, 0.25) is 11.8 Å². The molecule has 1 saturated heterocycles. The molecule has 2 amide bonds. The van der Waals surface area contributed by atoms with E-state index in [1.54, 1.807) is 31.2 Å². The van der Waals surface area contributed by atoms with Gasteiger partial charge in [-0.1, -0.05) is 50.6 Å². The topological polar surface area (TPSA) is 139 Å². The van der Waals surface area contributed by atoms with Crippen LogP contribution in [0.1, 0.15) is 63.3 Å². The maximum absolute atomic E-state index is 13.2. The molecule has 1 aromatic rings. The van der Waals surface area contributed by atoms with E-state index in [0.717, 1.165) is 5.57 Å². The number of aliphatic hydroxyl groups excluding tert-OH is 1. The van der Waals surface area contributed by atoms with Crippen LogP contribution < -0.4 is 5.32 Å². The summed E-state index contributed by atoms with van der Waals surface area (Å²) < 4.78 is 11.2. The first-order chi connectivity index (χ1) is 18.0. The molecule has 38 heavy (non-hydrogen) atoms. The SMILES string of the molecule is CC1=C\[C@@H](O)CC(=O)Cc2nc(co2)C(=O)N2CCC[C@@H]2C(=O)OC(C(C)C)[C@H](C)/C=C/C(=O)NC\C=C\1. The third-order valence-corrected chi connectivity index (χ3v) is 6.55. The lowest BCUT2D eigenvalue weighted by molar-refractivity contribution is -0.158. The van der Waals surface area contributed by atoms with Crippen molar-refractivity contribution in [2.45, 2.75) is 71.6 Å². The minimum atomic E-state index is -1.01. The van der Waals surface area contributed by atoms with E-state index in [4.69, 9.17) is 9.15 Å². The van der Waals surface area contributed by atoms with Crippen LogP contribution in [0, 0.1) is 11.8 Å². The second-order valence-electron chi connectivity index (χ2n) is 10.2. The van der Waals surface area contributed by atoms with Gasteiger partial charge in [-0.2, -0.15) is 0 Å². The summed E-state index contributed by atoms with van der Waals surface area (Å²) in [5.74, 6) is -1.76. The van der Waals surface area contributed by atoms with Gasteiger partial charge in [-0.3, -0.25) is 14.4 Å². The Balaban J connectivity index is 1.85. The van der Waals surface area contributed by atoms with E-state index >= 15 is 0 Å². The molecule has 1 unspecified atom stereocenters. The summed E-state index contributed by atoms with van der Waals surface area (Å²) in [5, 5.41) is 13.0. The van der Waals surface area contributed by atoms with Gasteiger partial charge >= 0.3 is 5.97 Å². The van der Waals surface area contributed by atoms with Crippen molar-refractivity contribution < 1.29 is 33.4 Å². The van der Waals surface area contributed by atoms with E-state index in [0.29, 0.717) is 19.4 Å². The number of nitrogens with one attached hydrogen (secondary N) is 1. The number of carbonyl (C=O) groups excluding carboxylic acids is 4. The number of esters is 1. The largest absolute Gasteiger partial charge is 0.460 e. The predicted octanol–water partition coefficient (Wildman–Crippen LogP) is 2.53. The van der Waals surface area contributed by atoms with Gasteiger partial charge in [0.1, 0.15) is 24.2 Å². The zero-order valence-electron chi connectivity index (χ0n) is 22.4. The van der Waals surface area contributed by atoms with Crippen molar-refractivity contribution in [1.29, 1.82) is 0 Å². The Bertz CT molecular complexity index is 1120. The summed E-state index contributed by atoms with van der Waals surface area (Å²) in [4.78, 5) is 56.6. The van der Waals surface area contributed by atoms with Crippen LogP contribution in [-0.4, -0.2) is 69.9 Å². The van der Waals surface area contributed by atoms with Crippen LogP contribution in [0.4, 0.5) is 0 Å². The molecular weight excluding hydrogens is 490 g/mol. The molecule has 206 valence electrons. The molecule has 3 heterocycles. The van der Waals surface area contributed by atoms with E-state index in [-0.39, 0.29) is 54.5 Å². The highest BCUT2D eigenvalue weighted by Crippen LogP contribution is 2.25. The first-order valence-corrected chi connectivity index (χ1v) is 13.0. The maximum atomic E-state index is 13.2. The van der Waals surface area contributed by atoms with Gasteiger partial charge in [-0.05, 0) is 31.8 Å². The van der Waals surface area contributed by atoms with E-state index in [9.17, 15) is 24.3 Å². The Morgan fingerprint density at radius 2 is 1.95 bits per heavy atom. The van der Waals surface area contributed by atoms with Gasteiger partial charge < -0.3 is 24.5 Å². The molecule has 3 rings (SSSR count). The lowest BCUT2D eigenvalue weighted by Crippen LogP contribution is -2.44. The molecule has 2 N–H and O–H groups in total. The number of ether oxygens (including phenoxy) is 1. The van der Waals surface area contributed by atoms with Crippen LogP contribution in [0.3, 0.4) is 0 Å². The number of ketones is 1. The normalized spacial score (nSPS) is 29.7. The van der Waals surface area contributed by atoms with E-state index in [1.807, 2.05) is 20.8 Å². The minimum Gasteiger partial charge on any atom is -0.460 e. The van der Waals surface area contributed by atoms with Crippen molar-refractivity contribution in [3.63, 3.8) is 0 Å². The van der Waals surface area contributed by atoms with Gasteiger partial charge in [-0.25, -0.2) is 9.78 Å². The van der Waals surface area contributed by atoms with Gasteiger partial charge in [-0.15, -0.1) is 0 Å². The fourth-order valence-corrected chi connectivity index (χ4v) is 4.66. The number of fused-ring (bicyclic) bond motifs is 3. The third-order valence-electron chi connectivity index (χ3n) is 6.55. The summed E-state index contributed by atoms with van der Waals surface area (Å²) in [6.07, 6.45) is 8.62. The molecule has 2 aliphatic rings. The smallest absolute Gasteiger partial charge is 0.329 e. The first-order valence-electron chi connectivity index (χ1n) is 13.0. The monoisotopic (exact) mass is 527 g/mol. The minimum absolute atomic E-state index is 0.00930. The molecule has 2 aliphatic heterocycles. The number of aliphatic hydroxyl groups is 1. The average molecular weight is 528 g/mol.